The number of quaternary nitrogens is 1. The van der Waals surface area contributed by atoms with Crippen LogP contribution in [0.1, 0.15) is 29.0 Å². The fourth-order valence-electron chi connectivity index (χ4n) is 4.91. The molecule has 1 amide bonds. The molecule has 1 unspecified atom stereocenters. The predicted octanol–water partition coefficient (Wildman–Crippen LogP) is 2.05. The van der Waals surface area contributed by atoms with Gasteiger partial charge in [-0.25, -0.2) is 0 Å². The third-order valence-corrected chi connectivity index (χ3v) is 6.35. The summed E-state index contributed by atoms with van der Waals surface area (Å²) in [5, 5.41) is 9.82. The van der Waals surface area contributed by atoms with E-state index in [0.717, 1.165) is 30.8 Å². The number of nitrogens with zero attached hydrogens (tertiary/aromatic N) is 2. The van der Waals surface area contributed by atoms with Gasteiger partial charge in [-0.15, -0.1) is 0 Å². The van der Waals surface area contributed by atoms with Gasteiger partial charge in [0.25, 0.3) is 5.91 Å². The van der Waals surface area contributed by atoms with Gasteiger partial charge in [0.05, 0.1) is 32.1 Å². The van der Waals surface area contributed by atoms with E-state index in [0.29, 0.717) is 17.4 Å². The maximum Gasteiger partial charge on any atom is 0.269 e. The summed E-state index contributed by atoms with van der Waals surface area (Å²) in [6.45, 7) is 4.29. The van der Waals surface area contributed by atoms with Crippen molar-refractivity contribution in [3.05, 3.63) is 58.7 Å². The quantitative estimate of drug-likeness (QED) is 0.617. The van der Waals surface area contributed by atoms with E-state index in [4.69, 9.17) is 9.47 Å². The zero-order valence-electron chi connectivity index (χ0n) is 17.1. The summed E-state index contributed by atoms with van der Waals surface area (Å²) >= 11 is 0. The second-order valence-electron chi connectivity index (χ2n) is 8.39. The van der Waals surface area contributed by atoms with E-state index in [1.807, 2.05) is 23.1 Å². The van der Waals surface area contributed by atoms with Crippen LogP contribution in [0, 0.1) is 18.3 Å². The van der Waals surface area contributed by atoms with Crippen LogP contribution in [0.25, 0.3) is 6.08 Å². The van der Waals surface area contributed by atoms with Crippen LogP contribution in [-0.2, 0) is 4.79 Å². The van der Waals surface area contributed by atoms with Crippen LogP contribution in [0.15, 0.2) is 42.0 Å². The Balaban J connectivity index is 1.52. The van der Waals surface area contributed by atoms with Gasteiger partial charge >= 0.3 is 0 Å². The van der Waals surface area contributed by atoms with Gasteiger partial charge in [-0.1, -0.05) is 23.8 Å². The number of benzene rings is 2. The van der Waals surface area contributed by atoms with Crippen LogP contribution in [0.2, 0.25) is 0 Å². The van der Waals surface area contributed by atoms with Crippen molar-refractivity contribution in [2.45, 2.75) is 25.3 Å². The lowest BCUT2D eigenvalue weighted by molar-refractivity contribution is -0.886. The molecule has 0 aliphatic carbocycles. The van der Waals surface area contributed by atoms with Crippen molar-refractivity contribution in [2.75, 3.05) is 31.8 Å². The number of hydrogen-bond acceptors (Lipinski definition) is 4. The first-order valence-electron chi connectivity index (χ1n) is 10.3. The first-order chi connectivity index (χ1) is 14.5. The highest BCUT2D eigenvalue weighted by Crippen LogP contribution is 2.43. The Kier molecular flexibility index (Phi) is 4.48. The number of rotatable bonds is 2. The molecule has 3 atom stereocenters. The molecule has 5 rings (SSSR count). The number of ether oxygens (including phenoxy) is 2. The van der Waals surface area contributed by atoms with E-state index < -0.39 is 0 Å². The molecule has 2 aromatic carbocycles. The van der Waals surface area contributed by atoms with Crippen LogP contribution in [0.3, 0.4) is 0 Å². The first kappa shape index (κ1) is 18.7. The minimum atomic E-state index is -0.229. The molecule has 6 heteroatoms. The number of amides is 1. The van der Waals surface area contributed by atoms with Gasteiger partial charge in [0.2, 0.25) is 6.79 Å². The second-order valence-corrected chi connectivity index (χ2v) is 8.39. The molecule has 2 aromatic rings. The van der Waals surface area contributed by atoms with Crippen LogP contribution >= 0.6 is 0 Å². The number of likely N-dealkylation sites (N-methyl/N-ethyl adjacent to an activating group) is 1. The Morgan fingerprint density at radius 3 is 2.90 bits per heavy atom. The topological polar surface area (TPSA) is 67.0 Å². The Morgan fingerprint density at radius 2 is 2.07 bits per heavy atom. The minimum Gasteiger partial charge on any atom is -0.454 e. The van der Waals surface area contributed by atoms with Crippen molar-refractivity contribution in [1.29, 1.82) is 5.26 Å². The third kappa shape index (κ3) is 3.03. The van der Waals surface area contributed by atoms with Gasteiger partial charge in [-0.3, -0.25) is 4.79 Å². The molecule has 3 heterocycles. The largest absolute Gasteiger partial charge is 0.454 e. The number of nitriles is 1. The summed E-state index contributed by atoms with van der Waals surface area (Å²) in [4.78, 5) is 16.9. The van der Waals surface area contributed by atoms with Crippen LogP contribution in [0.5, 0.6) is 11.5 Å². The number of carbonyl (C=O) groups is 1. The monoisotopic (exact) mass is 402 g/mol. The number of piperidine rings is 1. The number of aryl methyl sites for hydroxylation is 1. The molecule has 6 nitrogen and oxygen atoms in total. The zero-order chi connectivity index (χ0) is 20.8. The number of hydrogen-bond donors (Lipinski definition) is 1. The molecule has 1 fully saturated rings. The fraction of sp³-hybridized carbons (Fsp3) is 0.333. The average molecular weight is 402 g/mol. The lowest BCUT2D eigenvalue weighted by Crippen LogP contribution is -3.11. The van der Waals surface area contributed by atoms with E-state index in [-0.39, 0.29) is 24.3 Å². The molecular formula is C24H24N3O3+. The summed E-state index contributed by atoms with van der Waals surface area (Å²) in [7, 11) is 2.20. The molecule has 0 spiro atoms. The van der Waals surface area contributed by atoms with Crippen molar-refractivity contribution in [1.82, 2.24) is 0 Å². The SMILES string of the molecule is Cc1ccc2c(c1)[C@H]1C[NH+](C)CC[C@@H]1N2C(=O)/C(C#N)=C/c1ccc2c(c1)OCO2. The molecule has 30 heavy (non-hydrogen) atoms. The Hall–Kier alpha value is -3.30. The van der Waals surface area contributed by atoms with Gasteiger partial charge < -0.3 is 19.3 Å². The highest BCUT2D eigenvalue weighted by Gasteiger charge is 2.46. The predicted molar refractivity (Wildman–Crippen MR) is 113 cm³/mol. The highest BCUT2D eigenvalue weighted by atomic mass is 16.7. The molecule has 0 saturated carbocycles. The van der Waals surface area contributed by atoms with Gasteiger partial charge in [0.15, 0.2) is 11.5 Å². The molecule has 3 aliphatic rings. The van der Waals surface area contributed by atoms with Crippen molar-refractivity contribution in [2.24, 2.45) is 0 Å². The summed E-state index contributed by atoms with van der Waals surface area (Å²) in [5.74, 6) is 1.39. The van der Waals surface area contributed by atoms with Gasteiger partial charge in [0.1, 0.15) is 11.6 Å². The van der Waals surface area contributed by atoms with Crippen LogP contribution in [-0.4, -0.2) is 38.9 Å². The molecule has 0 bridgehead atoms. The maximum atomic E-state index is 13.6. The van der Waals surface area contributed by atoms with E-state index in [1.54, 1.807) is 18.2 Å². The number of carbonyl (C=O) groups excluding carboxylic acids is 1. The maximum absolute atomic E-state index is 13.6. The van der Waals surface area contributed by atoms with Crippen molar-refractivity contribution in [3.8, 4) is 17.6 Å². The van der Waals surface area contributed by atoms with E-state index in [9.17, 15) is 10.1 Å². The number of nitrogens with one attached hydrogen (secondary N) is 1. The van der Waals surface area contributed by atoms with Crippen LogP contribution < -0.4 is 19.3 Å². The summed E-state index contributed by atoms with van der Waals surface area (Å²) in [5.41, 5.74) is 4.25. The van der Waals surface area contributed by atoms with Gasteiger partial charge in [0, 0.05) is 12.1 Å². The average Bonchev–Trinajstić information content (AvgIpc) is 3.33. The normalized spacial score (nSPS) is 24.2. The summed E-state index contributed by atoms with van der Waals surface area (Å²) < 4.78 is 10.8. The van der Waals surface area contributed by atoms with E-state index >= 15 is 0 Å². The molecular weight excluding hydrogens is 378 g/mol. The molecule has 0 radical (unpaired) electrons. The van der Waals surface area contributed by atoms with Gasteiger partial charge in [-0.05, 0) is 42.3 Å². The standard InChI is InChI=1S/C24H23N3O3/c1-15-3-5-20-18(9-15)19-13-26(2)8-7-21(19)27(20)24(28)17(12-25)10-16-4-6-22-23(11-16)30-14-29-22/h3-6,9-11,19,21H,7-8,13-14H2,1-2H3/p+1/b17-10+/t19-,21+/m1/s1. The number of anilines is 1. The number of likely N-dealkylation sites (tertiary alicyclic amines) is 1. The Morgan fingerprint density at radius 1 is 1.23 bits per heavy atom. The molecule has 3 aliphatic heterocycles. The first-order valence-corrected chi connectivity index (χ1v) is 10.3. The fourth-order valence-corrected chi connectivity index (χ4v) is 4.91. The molecule has 152 valence electrons. The summed E-state index contributed by atoms with van der Waals surface area (Å²) in [6, 6.07) is 14.0. The third-order valence-electron chi connectivity index (χ3n) is 6.35. The van der Waals surface area contributed by atoms with Crippen molar-refractivity contribution >= 4 is 17.7 Å². The van der Waals surface area contributed by atoms with Gasteiger partial charge in [-0.2, -0.15) is 5.26 Å². The van der Waals surface area contributed by atoms with E-state index in [2.05, 4.69) is 26.1 Å². The second kappa shape index (κ2) is 7.19. The van der Waals surface area contributed by atoms with Crippen molar-refractivity contribution in [3.63, 3.8) is 0 Å². The smallest absolute Gasteiger partial charge is 0.269 e. The summed E-state index contributed by atoms with van der Waals surface area (Å²) in [6.07, 6.45) is 2.57. The van der Waals surface area contributed by atoms with E-state index in [1.165, 1.54) is 16.0 Å². The van der Waals surface area contributed by atoms with Crippen LogP contribution in [0.4, 0.5) is 5.69 Å². The van der Waals surface area contributed by atoms with Crippen molar-refractivity contribution < 1.29 is 19.2 Å². The zero-order valence-corrected chi connectivity index (χ0v) is 17.1. The number of fused-ring (bicyclic) bond motifs is 4. The molecule has 1 N–H and O–H groups in total. The lowest BCUT2D eigenvalue weighted by atomic mass is 9.88. The minimum absolute atomic E-state index is 0.103. The Bertz CT molecular complexity index is 1100. The lowest BCUT2D eigenvalue weighted by Gasteiger charge is -2.34. The highest BCUT2D eigenvalue weighted by molar-refractivity contribution is 6.12. The molecule has 0 aromatic heterocycles. The Labute approximate surface area is 175 Å². The molecule has 1 saturated heterocycles.